The van der Waals surface area contributed by atoms with Gasteiger partial charge in [-0.2, -0.15) is 0 Å². The van der Waals surface area contributed by atoms with Crippen molar-refractivity contribution in [2.24, 2.45) is 5.92 Å². The molecule has 7 nitrogen and oxygen atoms in total. The van der Waals surface area contributed by atoms with E-state index >= 15 is 0 Å². The fourth-order valence-electron chi connectivity index (χ4n) is 2.89. The van der Waals surface area contributed by atoms with E-state index in [0.717, 1.165) is 16.9 Å². The number of nitrogens with one attached hydrogen (secondary N) is 2. The minimum Gasteiger partial charge on any atom is -0.351 e. The van der Waals surface area contributed by atoms with Gasteiger partial charge in [-0.3, -0.25) is 14.2 Å². The van der Waals surface area contributed by atoms with Crippen LogP contribution in [0.2, 0.25) is 0 Å². The molecular formula is C24H29N5O2S. The standard InChI is InChI=1S/C24H29N5O2S/c1-16(2)19-7-11-21(12-8-19)29-15-26-28-24(29)32-14-22(30)25-13-18-5-9-20(10-6-18)27-23(31)17(3)4/h5-12,15-17H,13-14H2,1-4H3,(H,25,30)(H,27,31). The highest BCUT2D eigenvalue weighted by Crippen LogP contribution is 2.21. The Labute approximate surface area is 193 Å². The Hall–Kier alpha value is -3.13. The summed E-state index contributed by atoms with van der Waals surface area (Å²) in [5.41, 5.74) is 3.94. The van der Waals surface area contributed by atoms with Gasteiger partial charge in [-0.1, -0.05) is 63.7 Å². The lowest BCUT2D eigenvalue weighted by molar-refractivity contribution is -0.119. The lowest BCUT2D eigenvalue weighted by Crippen LogP contribution is -2.24. The number of benzene rings is 2. The van der Waals surface area contributed by atoms with Gasteiger partial charge in [-0.15, -0.1) is 10.2 Å². The maximum Gasteiger partial charge on any atom is 0.230 e. The fraction of sp³-hybridized carbons (Fsp3) is 0.333. The molecule has 0 saturated carbocycles. The number of aromatic nitrogens is 3. The van der Waals surface area contributed by atoms with Gasteiger partial charge in [-0.05, 0) is 41.3 Å². The zero-order valence-corrected chi connectivity index (χ0v) is 19.6. The third-order valence-electron chi connectivity index (χ3n) is 4.92. The molecule has 8 heteroatoms. The van der Waals surface area contributed by atoms with Crippen LogP contribution < -0.4 is 10.6 Å². The van der Waals surface area contributed by atoms with Crippen LogP contribution in [0, 0.1) is 5.92 Å². The van der Waals surface area contributed by atoms with E-state index in [0.29, 0.717) is 17.6 Å². The van der Waals surface area contributed by atoms with Crippen molar-refractivity contribution < 1.29 is 9.59 Å². The fourth-order valence-corrected chi connectivity index (χ4v) is 3.65. The number of hydrogen-bond donors (Lipinski definition) is 2. The summed E-state index contributed by atoms with van der Waals surface area (Å²) in [6.45, 7) is 8.44. The Morgan fingerprint density at radius 3 is 2.31 bits per heavy atom. The quantitative estimate of drug-likeness (QED) is 0.471. The van der Waals surface area contributed by atoms with E-state index in [1.54, 1.807) is 6.33 Å². The van der Waals surface area contributed by atoms with Gasteiger partial charge >= 0.3 is 0 Å². The number of thioether (sulfide) groups is 1. The first-order valence-electron chi connectivity index (χ1n) is 10.6. The molecule has 3 aromatic rings. The smallest absolute Gasteiger partial charge is 0.230 e. The van der Waals surface area contributed by atoms with Gasteiger partial charge in [0.05, 0.1) is 5.75 Å². The van der Waals surface area contributed by atoms with E-state index < -0.39 is 0 Å². The SMILES string of the molecule is CC(C)C(=O)Nc1ccc(CNC(=O)CSc2nncn2-c2ccc(C(C)C)cc2)cc1. The monoisotopic (exact) mass is 451 g/mol. The van der Waals surface area contributed by atoms with E-state index in [2.05, 4.69) is 46.8 Å². The van der Waals surface area contributed by atoms with Gasteiger partial charge in [0, 0.05) is 23.8 Å². The molecule has 32 heavy (non-hydrogen) atoms. The van der Waals surface area contributed by atoms with E-state index in [-0.39, 0.29) is 23.5 Å². The molecule has 0 atom stereocenters. The van der Waals surface area contributed by atoms with Crippen LogP contribution in [0.25, 0.3) is 5.69 Å². The summed E-state index contributed by atoms with van der Waals surface area (Å²) in [6, 6.07) is 15.7. The van der Waals surface area contributed by atoms with E-state index in [9.17, 15) is 9.59 Å². The minimum absolute atomic E-state index is 0.0215. The van der Waals surface area contributed by atoms with Crippen molar-refractivity contribution in [1.29, 1.82) is 0 Å². The van der Waals surface area contributed by atoms with Crippen LogP contribution in [0.3, 0.4) is 0 Å². The Morgan fingerprint density at radius 1 is 1.00 bits per heavy atom. The van der Waals surface area contributed by atoms with Gasteiger partial charge in [0.2, 0.25) is 11.8 Å². The first-order valence-corrected chi connectivity index (χ1v) is 11.6. The molecule has 2 N–H and O–H groups in total. The van der Waals surface area contributed by atoms with Crippen LogP contribution >= 0.6 is 11.8 Å². The van der Waals surface area contributed by atoms with Gasteiger partial charge in [-0.25, -0.2) is 0 Å². The third kappa shape index (κ3) is 6.43. The van der Waals surface area contributed by atoms with Gasteiger partial charge in [0.25, 0.3) is 0 Å². The zero-order valence-electron chi connectivity index (χ0n) is 18.8. The number of rotatable bonds is 9. The van der Waals surface area contributed by atoms with E-state index in [1.165, 1.54) is 17.3 Å². The molecule has 1 heterocycles. The topological polar surface area (TPSA) is 88.9 Å². The molecule has 0 spiro atoms. The van der Waals surface area contributed by atoms with Crippen LogP contribution in [-0.4, -0.2) is 32.3 Å². The molecule has 168 valence electrons. The summed E-state index contributed by atoms with van der Waals surface area (Å²) in [7, 11) is 0. The van der Waals surface area contributed by atoms with Crippen molar-refractivity contribution in [3.8, 4) is 5.69 Å². The lowest BCUT2D eigenvalue weighted by Gasteiger charge is -2.10. The Morgan fingerprint density at radius 2 is 1.69 bits per heavy atom. The minimum atomic E-state index is -0.0862. The van der Waals surface area contributed by atoms with Crippen molar-refractivity contribution in [3.63, 3.8) is 0 Å². The molecule has 0 aliphatic rings. The van der Waals surface area contributed by atoms with Gasteiger partial charge < -0.3 is 10.6 Å². The highest BCUT2D eigenvalue weighted by Gasteiger charge is 2.11. The van der Waals surface area contributed by atoms with E-state index in [1.807, 2.05) is 54.8 Å². The second-order valence-corrected chi connectivity index (χ2v) is 9.08. The summed E-state index contributed by atoms with van der Waals surface area (Å²) >= 11 is 1.34. The number of anilines is 1. The Kier molecular flexibility index (Phi) is 8.05. The van der Waals surface area contributed by atoms with Crippen LogP contribution in [0.4, 0.5) is 5.69 Å². The van der Waals surface area contributed by atoms with Crippen LogP contribution in [0.1, 0.15) is 44.7 Å². The third-order valence-corrected chi connectivity index (χ3v) is 5.87. The highest BCUT2D eigenvalue weighted by molar-refractivity contribution is 7.99. The maximum absolute atomic E-state index is 12.3. The largest absolute Gasteiger partial charge is 0.351 e. The lowest BCUT2D eigenvalue weighted by atomic mass is 10.0. The second kappa shape index (κ2) is 10.9. The number of carbonyl (C=O) groups excluding carboxylic acids is 2. The maximum atomic E-state index is 12.3. The first-order chi connectivity index (χ1) is 15.3. The van der Waals surface area contributed by atoms with Crippen molar-refractivity contribution in [1.82, 2.24) is 20.1 Å². The number of nitrogens with zero attached hydrogens (tertiary/aromatic N) is 3. The van der Waals surface area contributed by atoms with Gasteiger partial charge in [0.1, 0.15) is 6.33 Å². The summed E-state index contributed by atoms with van der Waals surface area (Å²) in [6.07, 6.45) is 1.66. The molecule has 3 rings (SSSR count). The average Bonchev–Trinajstić information content (AvgIpc) is 3.25. The van der Waals surface area contributed by atoms with Crippen molar-refractivity contribution in [2.75, 3.05) is 11.1 Å². The Bertz CT molecular complexity index is 1040. The Balaban J connectivity index is 1.50. The number of amides is 2. The molecule has 0 fully saturated rings. The van der Waals surface area contributed by atoms with Crippen LogP contribution in [-0.2, 0) is 16.1 Å². The number of carbonyl (C=O) groups is 2. The second-order valence-electron chi connectivity index (χ2n) is 8.14. The zero-order chi connectivity index (χ0) is 23.1. The molecule has 2 aromatic carbocycles. The molecule has 2 amide bonds. The molecule has 0 unspecified atom stereocenters. The molecular weight excluding hydrogens is 422 g/mol. The van der Waals surface area contributed by atoms with Gasteiger partial charge in [0.15, 0.2) is 5.16 Å². The molecule has 0 aliphatic heterocycles. The normalized spacial score (nSPS) is 11.1. The van der Waals surface area contributed by atoms with Crippen molar-refractivity contribution in [2.45, 2.75) is 45.3 Å². The summed E-state index contributed by atoms with van der Waals surface area (Å²) in [5.74, 6) is 0.531. The molecule has 1 aromatic heterocycles. The van der Waals surface area contributed by atoms with Crippen molar-refractivity contribution in [3.05, 3.63) is 66.0 Å². The molecule has 0 aliphatic carbocycles. The average molecular weight is 452 g/mol. The molecule has 0 bridgehead atoms. The van der Waals surface area contributed by atoms with E-state index in [4.69, 9.17) is 0 Å². The van der Waals surface area contributed by atoms with Crippen LogP contribution in [0.5, 0.6) is 0 Å². The first kappa shape index (κ1) is 23.5. The highest BCUT2D eigenvalue weighted by atomic mass is 32.2. The van der Waals surface area contributed by atoms with Crippen LogP contribution in [0.15, 0.2) is 60.0 Å². The number of hydrogen-bond acceptors (Lipinski definition) is 5. The van der Waals surface area contributed by atoms with Crippen molar-refractivity contribution >= 4 is 29.3 Å². The molecule has 0 radical (unpaired) electrons. The summed E-state index contributed by atoms with van der Waals surface area (Å²) in [4.78, 5) is 24.1. The summed E-state index contributed by atoms with van der Waals surface area (Å²) < 4.78 is 1.88. The predicted molar refractivity (Wildman–Crippen MR) is 128 cm³/mol. The predicted octanol–water partition coefficient (Wildman–Crippen LogP) is 4.39. The summed E-state index contributed by atoms with van der Waals surface area (Å²) in [5, 5.41) is 14.6. The molecule has 0 saturated heterocycles.